The van der Waals surface area contributed by atoms with E-state index in [4.69, 9.17) is 0 Å². The Hall–Kier alpha value is -2.58. The predicted molar refractivity (Wildman–Crippen MR) is 100 cm³/mol. The molecule has 0 aliphatic carbocycles. The summed E-state index contributed by atoms with van der Waals surface area (Å²) in [5.74, 6) is 0.213. The van der Waals surface area contributed by atoms with Crippen LogP contribution in [0.2, 0.25) is 0 Å². The molecule has 1 aliphatic heterocycles. The molecule has 1 unspecified atom stereocenters. The first-order chi connectivity index (χ1) is 12.4. The van der Waals surface area contributed by atoms with Gasteiger partial charge in [0.15, 0.2) is 5.69 Å². The standard InChI is InChI=1S/C18H19N5O2S/c1-11(12-5-3-4-7-19-12)20-17-21-13-6-8-26-15(13)14(22-17)16(24)23-9-18(2,25)10-23/h3-8,11,25H,9-10H2,1-2H3,(H,20,21,22). The number of carbonyl (C=O) groups is 1. The van der Waals surface area contributed by atoms with Crippen molar-refractivity contribution in [2.24, 2.45) is 0 Å². The van der Waals surface area contributed by atoms with E-state index in [0.29, 0.717) is 24.7 Å². The van der Waals surface area contributed by atoms with E-state index in [2.05, 4.69) is 20.3 Å². The van der Waals surface area contributed by atoms with E-state index in [0.717, 1.165) is 15.9 Å². The minimum absolute atomic E-state index is 0.0972. The number of aliphatic hydroxyl groups is 1. The fourth-order valence-electron chi connectivity index (χ4n) is 3.04. The van der Waals surface area contributed by atoms with Crippen LogP contribution in [0.25, 0.3) is 10.2 Å². The summed E-state index contributed by atoms with van der Waals surface area (Å²) in [5, 5.41) is 15.0. The summed E-state index contributed by atoms with van der Waals surface area (Å²) in [4.78, 5) is 27.8. The van der Waals surface area contributed by atoms with Crippen LogP contribution in [0.3, 0.4) is 0 Å². The molecule has 3 aromatic rings. The van der Waals surface area contributed by atoms with Gasteiger partial charge in [-0.25, -0.2) is 9.97 Å². The zero-order valence-corrected chi connectivity index (χ0v) is 15.3. The van der Waals surface area contributed by atoms with Gasteiger partial charge < -0.3 is 15.3 Å². The van der Waals surface area contributed by atoms with E-state index >= 15 is 0 Å². The highest BCUT2D eigenvalue weighted by molar-refractivity contribution is 7.17. The number of likely N-dealkylation sites (tertiary alicyclic amines) is 1. The van der Waals surface area contributed by atoms with Gasteiger partial charge in [-0.05, 0) is 37.4 Å². The van der Waals surface area contributed by atoms with Gasteiger partial charge in [0.1, 0.15) is 0 Å². The number of thiophene rings is 1. The SMILES string of the molecule is CC(Nc1nc(C(=O)N2CC(C)(O)C2)c2sccc2n1)c1ccccn1. The van der Waals surface area contributed by atoms with Crippen molar-refractivity contribution in [2.75, 3.05) is 18.4 Å². The molecule has 0 radical (unpaired) electrons. The number of rotatable bonds is 4. The zero-order chi connectivity index (χ0) is 18.3. The summed E-state index contributed by atoms with van der Waals surface area (Å²) in [6.07, 6.45) is 1.74. The molecule has 1 saturated heterocycles. The van der Waals surface area contributed by atoms with E-state index in [1.165, 1.54) is 11.3 Å². The van der Waals surface area contributed by atoms with Crippen molar-refractivity contribution in [3.63, 3.8) is 0 Å². The van der Waals surface area contributed by atoms with Crippen molar-refractivity contribution in [1.82, 2.24) is 19.9 Å². The van der Waals surface area contributed by atoms with E-state index in [9.17, 15) is 9.90 Å². The molecule has 0 saturated carbocycles. The molecule has 8 heteroatoms. The second-order valence-electron chi connectivity index (χ2n) is 6.81. The molecule has 1 atom stereocenters. The second-order valence-corrected chi connectivity index (χ2v) is 7.73. The van der Waals surface area contributed by atoms with Gasteiger partial charge in [-0.15, -0.1) is 11.3 Å². The molecule has 26 heavy (non-hydrogen) atoms. The van der Waals surface area contributed by atoms with Crippen molar-refractivity contribution < 1.29 is 9.90 Å². The molecule has 1 fully saturated rings. The maximum Gasteiger partial charge on any atom is 0.274 e. The molecule has 7 nitrogen and oxygen atoms in total. The summed E-state index contributed by atoms with van der Waals surface area (Å²) in [6, 6.07) is 7.49. The van der Waals surface area contributed by atoms with Crippen molar-refractivity contribution in [3.05, 3.63) is 47.2 Å². The lowest BCUT2D eigenvalue weighted by molar-refractivity contribution is -0.0669. The molecule has 0 aromatic carbocycles. The molecule has 1 aliphatic rings. The summed E-state index contributed by atoms with van der Waals surface area (Å²) in [6.45, 7) is 4.32. The third-order valence-corrected chi connectivity index (χ3v) is 5.24. The first kappa shape index (κ1) is 16.9. The van der Waals surface area contributed by atoms with Crippen LogP contribution in [0.4, 0.5) is 5.95 Å². The largest absolute Gasteiger partial charge is 0.386 e. The number of anilines is 1. The minimum atomic E-state index is -0.814. The van der Waals surface area contributed by atoms with Gasteiger partial charge in [-0.1, -0.05) is 6.07 Å². The molecule has 0 bridgehead atoms. The third kappa shape index (κ3) is 3.13. The van der Waals surface area contributed by atoms with Crippen molar-refractivity contribution in [2.45, 2.75) is 25.5 Å². The number of nitrogens with one attached hydrogen (secondary N) is 1. The van der Waals surface area contributed by atoms with Crippen LogP contribution < -0.4 is 5.32 Å². The van der Waals surface area contributed by atoms with Crippen molar-refractivity contribution in [3.8, 4) is 0 Å². The van der Waals surface area contributed by atoms with Crippen LogP contribution in [-0.2, 0) is 0 Å². The Morgan fingerprint density at radius 3 is 2.85 bits per heavy atom. The van der Waals surface area contributed by atoms with Gasteiger partial charge in [-0.2, -0.15) is 0 Å². The lowest BCUT2D eigenvalue weighted by Crippen LogP contribution is -2.61. The van der Waals surface area contributed by atoms with Gasteiger partial charge in [-0.3, -0.25) is 9.78 Å². The molecule has 4 heterocycles. The summed E-state index contributed by atoms with van der Waals surface area (Å²) >= 11 is 1.44. The average molecular weight is 369 g/mol. The second kappa shape index (κ2) is 6.30. The number of pyridine rings is 1. The molecule has 2 N–H and O–H groups in total. The predicted octanol–water partition coefficient (Wildman–Crippen LogP) is 2.47. The highest BCUT2D eigenvalue weighted by Crippen LogP contribution is 2.28. The van der Waals surface area contributed by atoms with E-state index < -0.39 is 5.60 Å². The lowest BCUT2D eigenvalue weighted by Gasteiger charge is -2.43. The van der Waals surface area contributed by atoms with E-state index in [1.807, 2.05) is 36.6 Å². The number of fused-ring (bicyclic) bond motifs is 1. The van der Waals surface area contributed by atoms with E-state index in [1.54, 1.807) is 18.0 Å². The molecule has 1 amide bonds. The van der Waals surface area contributed by atoms with Gasteiger partial charge in [0.2, 0.25) is 5.95 Å². The number of hydrogen-bond donors (Lipinski definition) is 2. The Morgan fingerprint density at radius 2 is 2.15 bits per heavy atom. The quantitative estimate of drug-likeness (QED) is 0.734. The summed E-state index contributed by atoms with van der Waals surface area (Å²) < 4.78 is 0.762. The summed E-state index contributed by atoms with van der Waals surface area (Å²) in [5.41, 5.74) is 1.16. The number of nitrogens with zero attached hydrogens (tertiary/aromatic N) is 4. The Labute approximate surface area is 154 Å². The Balaban J connectivity index is 1.64. The number of amides is 1. The van der Waals surface area contributed by atoms with Crippen LogP contribution in [0, 0.1) is 0 Å². The first-order valence-corrected chi connectivity index (χ1v) is 9.25. The Morgan fingerprint density at radius 1 is 1.35 bits per heavy atom. The number of aromatic nitrogens is 3. The number of carbonyl (C=O) groups excluding carboxylic acids is 1. The van der Waals surface area contributed by atoms with Crippen LogP contribution in [0.5, 0.6) is 0 Å². The first-order valence-electron chi connectivity index (χ1n) is 8.37. The monoisotopic (exact) mass is 369 g/mol. The molecule has 3 aromatic heterocycles. The fraction of sp³-hybridized carbons (Fsp3) is 0.333. The highest BCUT2D eigenvalue weighted by atomic mass is 32.1. The third-order valence-electron chi connectivity index (χ3n) is 4.33. The normalized spacial score (nSPS) is 17.0. The average Bonchev–Trinajstić information content (AvgIpc) is 3.07. The lowest BCUT2D eigenvalue weighted by atomic mass is 9.96. The Bertz CT molecular complexity index is 949. The maximum absolute atomic E-state index is 12.8. The van der Waals surface area contributed by atoms with Crippen LogP contribution >= 0.6 is 11.3 Å². The van der Waals surface area contributed by atoms with Crippen molar-refractivity contribution in [1.29, 1.82) is 0 Å². The highest BCUT2D eigenvalue weighted by Gasteiger charge is 2.40. The topological polar surface area (TPSA) is 91.2 Å². The molecule has 4 rings (SSSR count). The fourth-order valence-corrected chi connectivity index (χ4v) is 3.85. The van der Waals surface area contributed by atoms with Gasteiger partial charge in [0.05, 0.1) is 40.6 Å². The zero-order valence-electron chi connectivity index (χ0n) is 14.5. The smallest absolute Gasteiger partial charge is 0.274 e. The van der Waals surface area contributed by atoms with E-state index in [-0.39, 0.29) is 11.9 Å². The van der Waals surface area contributed by atoms with Crippen molar-refractivity contribution >= 4 is 33.4 Å². The van der Waals surface area contributed by atoms with Gasteiger partial charge >= 0.3 is 0 Å². The number of hydrogen-bond acceptors (Lipinski definition) is 7. The van der Waals surface area contributed by atoms with Crippen LogP contribution in [-0.4, -0.2) is 49.6 Å². The van der Waals surface area contributed by atoms with Crippen LogP contribution in [0.15, 0.2) is 35.8 Å². The molecular weight excluding hydrogens is 350 g/mol. The number of β-amino-alcohol motifs (C(OH)–C–C–N with tert-alkyl or cyclic N) is 1. The van der Waals surface area contributed by atoms with Gasteiger partial charge in [0.25, 0.3) is 5.91 Å². The summed E-state index contributed by atoms with van der Waals surface area (Å²) in [7, 11) is 0. The molecule has 0 spiro atoms. The van der Waals surface area contributed by atoms with Crippen LogP contribution in [0.1, 0.15) is 36.1 Å². The maximum atomic E-state index is 12.8. The Kier molecular flexibility index (Phi) is 4.08. The molecule has 134 valence electrons. The van der Waals surface area contributed by atoms with Gasteiger partial charge in [0, 0.05) is 6.20 Å². The molecular formula is C18H19N5O2S. The minimum Gasteiger partial charge on any atom is -0.386 e.